The molecule has 0 spiro atoms. The largest absolute Gasteiger partial charge is 1.00 e. The first-order valence-electron chi connectivity index (χ1n) is 2.60. The molecule has 0 aromatic carbocycles. The van der Waals surface area contributed by atoms with Crippen molar-refractivity contribution in [3.05, 3.63) is 23.4 Å². The first-order valence-corrected chi connectivity index (χ1v) is 4.42. The fourth-order valence-corrected chi connectivity index (χ4v) is 1.21. The maximum absolute atomic E-state index is 10.4. The van der Waals surface area contributed by atoms with Crippen LogP contribution in [-0.2, 0) is 10.1 Å². The molecule has 0 aliphatic rings. The van der Waals surface area contributed by atoms with Crippen molar-refractivity contribution < 1.29 is 44.0 Å². The van der Waals surface area contributed by atoms with Crippen molar-refractivity contribution in [3.63, 3.8) is 0 Å². The van der Waals surface area contributed by atoms with E-state index in [1.807, 2.05) is 0 Å². The molecule has 1 rings (SSSR count). The zero-order chi connectivity index (χ0) is 8.48. The summed E-state index contributed by atoms with van der Waals surface area (Å²) < 4.78 is 29.3. The van der Waals surface area contributed by atoms with Crippen LogP contribution in [0.1, 0.15) is 1.43 Å². The molecule has 0 atom stereocenters. The fourth-order valence-electron chi connectivity index (χ4n) is 0.533. The standard InChI is InChI=1S/C5H4ClNO3S.Na.H/c6-4-2-1-3-5(7-4)11(8,9)10;;/h1-3H,(H,8,9,10);;/q;+1;-1. The molecule has 0 amide bonds. The minimum atomic E-state index is -4.22. The summed E-state index contributed by atoms with van der Waals surface area (Å²) in [5, 5.41) is -0.412. The molecule has 0 saturated heterocycles. The molecule has 0 unspecified atom stereocenters. The van der Waals surface area contributed by atoms with Gasteiger partial charge < -0.3 is 1.43 Å². The van der Waals surface area contributed by atoms with Crippen LogP contribution in [0.2, 0.25) is 5.15 Å². The van der Waals surface area contributed by atoms with Crippen molar-refractivity contribution in [2.45, 2.75) is 5.03 Å². The van der Waals surface area contributed by atoms with Gasteiger partial charge in [0.15, 0.2) is 5.03 Å². The summed E-state index contributed by atoms with van der Waals surface area (Å²) in [5.41, 5.74) is 0. The Hall–Kier alpha value is 0.350. The maximum Gasteiger partial charge on any atom is 1.00 e. The van der Waals surface area contributed by atoms with Gasteiger partial charge in [-0.2, -0.15) is 8.42 Å². The van der Waals surface area contributed by atoms with Gasteiger partial charge in [0, 0.05) is 0 Å². The summed E-state index contributed by atoms with van der Waals surface area (Å²) in [6, 6.07) is 3.95. The van der Waals surface area contributed by atoms with E-state index in [4.69, 9.17) is 16.2 Å². The van der Waals surface area contributed by atoms with Crippen LogP contribution >= 0.6 is 11.6 Å². The van der Waals surface area contributed by atoms with E-state index in [1.54, 1.807) is 0 Å². The number of halogens is 1. The van der Waals surface area contributed by atoms with E-state index in [2.05, 4.69) is 4.98 Å². The summed E-state index contributed by atoms with van der Waals surface area (Å²) in [5.74, 6) is 0. The summed E-state index contributed by atoms with van der Waals surface area (Å²) in [6.07, 6.45) is 0. The molecule has 1 heterocycles. The average molecular weight is 218 g/mol. The number of pyridine rings is 1. The van der Waals surface area contributed by atoms with Gasteiger partial charge in [-0.15, -0.1) is 0 Å². The van der Waals surface area contributed by atoms with E-state index in [9.17, 15) is 8.42 Å². The third-order valence-electron chi connectivity index (χ3n) is 0.954. The first-order chi connectivity index (χ1) is 5.00. The van der Waals surface area contributed by atoms with Crippen LogP contribution in [0.25, 0.3) is 0 Å². The predicted octanol–water partition coefficient (Wildman–Crippen LogP) is -1.90. The molecule has 62 valence electrons. The molecule has 4 nitrogen and oxygen atoms in total. The van der Waals surface area contributed by atoms with Gasteiger partial charge in [0.05, 0.1) is 0 Å². The predicted molar refractivity (Wildman–Crippen MR) is 40.2 cm³/mol. The Labute approximate surface area is 98.5 Å². The fraction of sp³-hybridized carbons (Fsp3) is 0. The van der Waals surface area contributed by atoms with Crippen LogP contribution in [0.4, 0.5) is 0 Å². The van der Waals surface area contributed by atoms with E-state index in [-0.39, 0.29) is 36.1 Å². The Morgan fingerprint density at radius 1 is 1.50 bits per heavy atom. The van der Waals surface area contributed by atoms with E-state index >= 15 is 0 Å². The number of aromatic nitrogens is 1. The van der Waals surface area contributed by atoms with Crippen molar-refractivity contribution in [3.8, 4) is 0 Å². The molecule has 1 aromatic rings. The Morgan fingerprint density at radius 2 is 2.08 bits per heavy atom. The van der Waals surface area contributed by atoms with Gasteiger partial charge in [-0.3, -0.25) is 4.55 Å². The molecule has 1 N–H and O–H groups in total. The molecule has 7 heteroatoms. The van der Waals surface area contributed by atoms with Gasteiger partial charge in [0.1, 0.15) is 5.15 Å². The number of hydrogen-bond acceptors (Lipinski definition) is 3. The SMILES string of the molecule is O=S(=O)(O)c1cccc(Cl)n1.[H-].[Na+]. The first kappa shape index (κ1) is 12.3. The zero-order valence-electron chi connectivity index (χ0n) is 7.23. The van der Waals surface area contributed by atoms with Crippen LogP contribution in [0.3, 0.4) is 0 Å². The Bertz CT molecular complexity index is 372. The van der Waals surface area contributed by atoms with Gasteiger partial charge in [-0.05, 0) is 12.1 Å². The van der Waals surface area contributed by atoms with Crippen LogP contribution in [-0.4, -0.2) is 18.0 Å². The molecule has 0 radical (unpaired) electrons. The third kappa shape index (κ3) is 3.38. The number of nitrogens with zero attached hydrogens (tertiary/aromatic N) is 1. The second-order valence-corrected chi connectivity index (χ2v) is 3.53. The van der Waals surface area contributed by atoms with Gasteiger partial charge in [-0.1, -0.05) is 17.7 Å². The molecular weight excluding hydrogens is 213 g/mol. The van der Waals surface area contributed by atoms with Gasteiger partial charge >= 0.3 is 39.7 Å². The Balaban J connectivity index is 0. The van der Waals surface area contributed by atoms with Crippen LogP contribution in [0.5, 0.6) is 0 Å². The van der Waals surface area contributed by atoms with Gasteiger partial charge in [0.25, 0.3) is 0 Å². The normalized spacial score (nSPS) is 10.5. The molecule has 0 aliphatic heterocycles. The van der Waals surface area contributed by atoms with Crippen LogP contribution < -0.4 is 29.6 Å². The van der Waals surface area contributed by atoms with Gasteiger partial charge in [0.2, 0.25) is 0 Å². The van der Waals surface area contributed by atoms with E-state index < -0.39 is 15.1 Å². The summed E-state index contributed by atoms with van der Waals surface area (Å²) >= 11 is 5.36. The minimum absolute atomic E-state index is 0. The Morgan fingerprint density at radius 3 is 2.42 bits per heavy atom. The quantitative estimate of drug-likeness (QED) is 0.339. The average Bonchev–Trinajstić information content (AvgIpc) is 1.86. The van der Waals surface area contributed by atoms with Crippen molar-refractivity contribution in [1.29, 1.82) is 0 Å². The molecule has 0 aliphatic carbocycles. The molecular formula is C5H5ClNNaO3S. The third-order valence-corrected chi connectivity index (χ3v) is 1.92. The van der Waals surface area contributed by atoms with Crippen molar-refractivity contribution in [2.75, 3.05) is 0 Å². The molecule has 0 bridgehead atoms. The topological polar surface area (TPSA) is 67.3 Å². The molecule has 1 aromatic heterocycles. The van der Waals surface area contributed by atoms with E-state index in [0.29, 0.717) is 0 Å². The van der Waals surface area contributed by atoms with Crippen LogP contribution in [0.15, 0.2) is 23.2 Å². The summed E-state index contributed by atoms with van der Waals surface area (Å²) in [7, 11) is -4.22. The molecule has 12 heavy (non-hydrogen) atoms. The van der Waals surface area contributed by atoms with E-state index in [1.165, 1.54) is 12.1 Å². The summed E-state index contributed by atoms with van der Waals surface area (Å²) in [6.45, 7) is 0. The Kier molecular flexibility index (Phi) is 4.68. The van der Waals surface area contributed by atoms with Gasteiger partial charge in [-0.25, -0.2) is 4.98 Å². The smallest absolute Gasteiger partial charge is 1.00 e. The van der Waals surface area contributed by atoms with Crippen molar-refractivity contribution >= 4 is 21.7 Å². The zero-order valence-corrected chi connectivity index (χ0v) is 9.80. The monoisotopic (exact) mass is 217 g/mol. The number of rotatable bonds is 1. The number of hydrogen-bond donors (Lipinski definition) is 1. The van der Waals surface area contributed by atoms with Crippen molar-refractivity contribution in [2.24, 2.45) is 0 Å². The van der Waals surface area contributed by atoms with E-state index in [0.717, 1.165) is 6.07 Å². The van der Waals surface area contributed by atoms with Crippen molar-refractivity contribution in [1.82, 2.24) is 4.98 Å². The second kappa shape index (κ2) is 4.55. The molecule has 0 saturated carbocycles. The summed E-state index contributed by atoms with van der Waals surface area (Å²) in [4.78, 5) is 3.37. The van der Waals surface area contributed by atoms with Crippen LogP contribution in [0, 0.1) is 0 Å². The minimum Gasteiger partial charge on any atom is -1.00 e. The molecule has 0 fully saturated rings. The maximum atomic E-state index is 10.4. The second-order valence-electron chi connectivity index (χ2n) is 1.77.